The molecule has 9 heteroatoms. The summed E-state index contributed by atoms with van der Waals surface area (Å²) in [5, 5.41) is -0.798. The number of benzene rings is 1. The zero-order valence-corrected chi connectivity index (χ0v) is 15.1. The fourth-order valence-electron chi connectivity index (χ4n) is 2.78. The Bertz CT molecular complexity index is 916. The molecule has 0 unspecified atom stereocenters. The number of para-hydroxylation sites is 1. The smallest absolute Gasteiger partial charge is 0.244 e. The second-order valence-electron chi connectivity index (χ2n) is 5.83. The van der Waals surface area contributed by atoms with Crippen molar-refractivity contribution in [1.29, 1.82) is 0 Å². The van der Waals surface area contributed by atoms with Crippen LogP contribution in [0.25, 0.3) is 0 Å². The van der Waals surface area contributed by atoms with Gasteiger partial charge in [0.05, 0.1) is 5.25 Å². The predicted molar refractivity (Wildman–Crippen MR) is 95.0 cm³/mol. The molecule has 0 radical (unpaired) electrons. The van der Waals surface area contributed by atoms with Crippen LogP contribution in [0.2, 0.25) is 0 Å². The molecular formula is C16H19N3O4S2. The van der Waals surface area contributed by atoms with Gasteiger partial charge in [0.15, 0.2) is 0 Å². The molecule has 1 saturated heterocycles. The van der Waals surface area contributed by atoms with E-state index in [4.69, 9.17) is 0 Å². The first kappa shape index (κ1) is 17.8. The number of hydrogen-bond donors (Lipinski definition) is 1. The minimum Gasteiger partial charge on any atom is -0.283 e. The highest BCUT2D eigenvalue weighted by Gasteiger charge is 2.36. The number of anilines is 1. The van der Waals surface area contributed by atoms with Crippen LogP contribution in [-0.4, -0.2) is 44.5 Å². The predicted octanol–water partition coefficient (Wildman–Crippen LogP) is 1.68. The van der Waals surface area contributed by atoms with E-state index in [0.717, 1.165) is 0 Å². The van der Waals surface area contributed by atoms with Crippen LogP contribution in [0.5, 0.6) is 0 Å². The van der Waals surface area contributed by atoms with Crippen LogP contribution >= 0.6 is 0 Å². The number of nitrogens with one attached hydrogen (secondary N) is 1. The van der Waals surface area contributed by atoms with Crippen LogP contribution in [0.15, 0.2) is 59.8 Å². The minimum atomic E-state index is -3.75. The van der Waals surface area contributed by atoms with Crippen LogP contribution in [0.1, 0.15) is 12.8 Å². The summed E-state index contributed by atoms with van der Waals surface area (Å²) in [6.45, 7) is 0.230. The number of aromatic nitrogens is 1. The highest BCUT2D eigenvalue weighted by molar-refractivity contribution is 7.93. The molecule has 0 aliphatic carbocycles. The second kappa shape index (κ2) is 7.11. The molecule has 0 bridgehead atoms. The zero-order valence-electron chi connectivity index (χ0n) is 13.4. The van der Waals surface area contributed by atoms with Crippen molar-refractivity contribution in [2.24, 2.45) is 0 Å². The molecule has 3 rings (SSSR count). The quantitative estimate of drug-likeness (QED) is 0.850. The van der Waals surface area contributed by atoms with Gasteiger partial charge < -0.3 is 0 Å². The summed E-state index contributed by atoms with van der Waals surface area (Å²) in [5.74, 6) is 0. The number of hydrogen-bond acceptors (Lipinski definition) is 5. The van der Waals surface area contributed by atoms with Crippen molar-refractivity contribution in [3.05, 3.63) is 54.9 Å². The molecule has 2 heterocycles. The summed E-state index contributed by atoms with van der Waals surface area (Å²) in [4.78, 5) is 3.91. The maximum absolute atomic E-state index is 12.7. The number of nitrogens with zero attached hydrogens (tertiary/aromatic N) is 2. The third-order valence-electron chi connectivity index (χ3n) is 4.09. The van der Waals surface area contributed by atoms with E-state index in [1.807, 2.05) is 0 Å². The molecule has 7 nitrogen and oxygen atoms in total. The summed E-state index contributed by atoms with van der Waals surface area (Å²) in [6, 6.07) is 11.6. The van der Waals surface area contributed by atoms with Gasteiger partial charge >= 0.3 is 0 Å². The molecular weight excluding hydrogens is 362 g/mol. The Kier molecular flexibility index (Phi) is 5.07. The van der Waals surface area contributed by atoms with Gasteiger partial charge in [-0.25, -0.2) is 16.8 Å². The first-order valence-electron chi connectivity index (χ1n) is 7.86. The maximum atomic E-state index is 12.7. The van der Waals surface area contributed by atoms with Crippen molar-refractivity contribution in [3.63, 3.8) is 0 Å². The molecule has 25 heavy (non-hydrogen) atoms. The molecule has 0 saturated carbocycles. The van der Waals surface area contributed by atoms with Gasteiger partial charge in [0, 0.05) is 31.2 Å². The molecule has 1 atom stereocenters. The van der Waals surface area contributed by atoms with E-state index in [1.54, 1.807) is 36.4 Å². The van der Waals surface area contributed by atoms with Crippen molar-refractivity contribution in [2.75, 3.05) is 17.8 Å². The standard InChI is InChI=1S/C16H19N3O4S2/c20-24(21,18-14-6-2-1-3-7-14)16-9-5-11-19(13-16)25(22,23)15-8-4-10-17-12-15/h1-4,6-8,10,12,16,18H,5,9,11,13H2/t16-/m0/s1. The van der Waals surface area contributed by atoms with E-state index in [2.05, 4.69) is 9.71 Å². The van der Waals surface area contributed by atoms with Crippen molar-refractivity contribution in [2.45, 2.75) is 23.0 Å². The molecule has 1 aromatic heterocycles. The van der Waals surface area contributed by atoms with Crippen molar-refractivity contribution < 1.29 is 16.8 Å². The third-order valence-corrected chi connectivity index (χ3v) is 7.72. The lowest BCUT2D eigenvalue weighted by molar-refractivity contribution is 0.346. The highest BCUT2D eigenvalue weighted by Crippen LogP contribution is 2.24. The maximum Gasteiger partial charge on any atom is 0.244 e. The lowest BCUT2D eigenvalue weighted by Gasteiger charge is -2.31. The Balaban J connectivity index is 1.79. The molecule has 0 amide bonds. The highest BCUT2D eigenvalue weighted by atomic mass is 32.2. The van der Waals surface area contributed by atoms with E-state index >= 15 is 0 Å². The number of pyridine rings is 1. The van der Waals surface area contributed by atoms with Crippen molar-refractivity contribution in [3.8, 4) is 0 Å². The van der Waals surface area contributed by atoms with Crippen LogP contribution in [0, 0.1) is 0 Å². The van der Waals surface area contributed by atoms with Gasteiger partial charge in [-0.1, -0.05) is 18.2 Å². The Hall–Kier alpha value is -1.97. The van der Waals surface area contributed by atoms with Gasteiger partial charge in [-0.15, -0.1) is 0 Å². The summed E-state index contributed by atoms with van der Waals surface area (Å²) >= 11 is 0. The zero-order chi connectivity index (χ0) is 17.9. The normalized spacial score (nSPS) is 19.4. The molecule has 1 aliphatic rings. The Morgan fingerprint density at radius 3 is 2.48 bits per heavy atom. The SMILES string of the molecule is O=S(=O)(Nc1ccccc1)[C@H]1CCCN(S(=O)(=O)c2cccnc2)C1. The molecule has 1 aromatic carbocycles. The first-order valence-corrected chi connectivity index (χ1v) is 10.8. The summed E-state index contributed by atoms with van der Waals surface area (Å²) < 4.78 is 54.4. The molecule has 1 N–H and O–H groups in total. The van der Waals surface area contributed by atoms with E-state index in [1.165, 1.54) is 22.8 Å². The average molecular weight is 381 g/mol. The molecule has 1 aliphatic heterocycles. The van der Waals surface area contributed by atoms with Crippen LogP contribution in [0.4, 0.5) is 5.69 Å². The third kappa shape index (κ3) is 4.00. The Labute approximate surface area is 147 Å². The van der Waals surface area contributed by atoms with Gasteiger partial charge in [0.1, 0.15) is 4.90 Å². The molecule has 134 valence electrons. The number of sulfonamides is 2. The van der Waals surface area contributed by atoms with Gasteiger partial charge in [0.25, 0.3) is 0 Å². The van der Waals surface area contributed by atoms with Crippen LogP contribution < -0.4 is 4.72 Å². The molecule has 2 aromatic rings. The lowest BCUT2D eigenvalue weighted by Crippen LogP contribution is -2.46. The Morgan fingerprint density at radius 1 is 1.04 bits per heavy atom. The van der Waals surface area contributed by atoms with Crippen molar-refractivity contribution >= 4 is 25.7 Å². The van der Waals surface area contributed by atoms with Gasteiger partial charge in [-0.3, -0.25) is 9.71 Å². The molecule has 0 spiro atoms. The van der Waals surface area contributed by atoms with E-state index < -0.39 is 25.3 Å². The van der Waals surface area contributed by atoms with E-state index in [0.29, 0.717) is 25.1 Å². The first-order chi connectivity index (χ1) is 11.9. The van der Waals surface area contributed by atoms with Crippen LogP contribution in [-0.2, 0) is 20.0 Å². The van der Waals surface area contributed by atoms with Gasteiger partial charge in [0.2, 0.25) is 20.0 Å². The van der Waals surface area contributed by atoms with Gasteiger partial charge in [-0.2, -0.15) is 4.31 Å². The van der Waals surface area contributed by atoms with Crippen molar-refractivity contribution in [1.82, 2.24) is 9.29 Å². The van der Waals surface area contributed by atoms with Crippen LogP contribution in [0.3, 0.4) is 0 Å². The summed E-state index contributed by atoms with van der Waals surface area (Å²) in [6.07, 6.45) is 3.67. The summed E-state index contributed by atoms with van der Waals surface area (Å²) in [7, 11) is -7.43. The topological polar surface area (TPSA) is 96.4 Å². The monoisotopic (exact) mass is 381 g/mol. The lowest BCUT2D eigenvalue weighted by atomic mass is 10.2. The Morgan fingerprint density at radius 2 is 1.80 bits per heavy atom. The summed E-state index contributed by atoms with van der Waals surface area (Å²) in [5.41, 5.74) is 0.467. The second-order valence-corrected chi connectivity index (χ2v) is 9.73. The van der Waals surface area contributed by atoms with E-state index in [-0.39, 0.29) is 11.4 Å². The number of piperidine rings is 1. The minimum absolute atomic E-state index is 0.0700. The largest absolute Gasteiger partial charge is 0.283 e. The fraction of sp³-hybridized carbons (Fsp3) is 0.312. The fourth-order valence-corrected chi connectivity index (χ4v) is 5.85. The number of rotatable bonds is 5. The molecule has 1 fully saturated rings. The average Bonchev–Trinajstić information content (AvgIpc) is 2.63. The van der Waals surface area contributed by atoms with Gasteiger partial charge in [-0.05, 0) is 37.1 Å². The van der Waals surface area contributed by atoms with E-state index in [9.17, 15) is 16.8 Å².